The lowest BCUT2D eigenvalue weighted by atomic mass is 9.93. The topological polar surface area (TPSA) is 42.0 Å². The molecule has 2 aromatic rings. The first-order chi connectivity index (χ1) is 21.2. The SMILES string of the molecule is C=C(CCN(C(=O)Oc1ccc(Cl)cc1)C(C)c1ccc(OCCCCN2CCCC2)cc1)C1=C(CC)CC(C)=CC(Cl)=C1. The lowest BCUT2D eigenvalue weighted by Gasteiger charge is -2.29. The summed E-state index contributed by atoms with van der Waals surface area (Å²) >= 11 is 12.6. The van der Waals surface area contributed by atoms with Crippen LogP contribution in [0, 0.1) is 0 Å². The smallest absolute Gasteiger partial charge is 0.415 e. The Morgan fingerprint density at radius 2 is 1.68 bits per heavy atom. The van der Waals surface area contributed by atoms with Crippen LogP contribution in [0.1, 0.15) is 77.3 Å². The van der Waals surface area contributed by atoms with Crippen LogP contribution in [0.5, 0.6) is 11.5 Å². The maximum Gasteiger partial charge on any atom is 0.415 e. The number of hydrogen-bond acceptors (Lipinski definition) is 4. The fourth-order valence-electron chi connectivity index (χ4n) is 5.82. The number of carbonyl (C=O) groups excluding carboxylic acids is 1. The third kappa shape index (κ3) is 10.0. The summed E-state index contributed by atoms with van der Waals surface area (Å²) in [6.07, 6.45) is 10.8. The summed E-state index contributed by atoms with van der Waals surface area (Å²) in [6, 6.07) is 14.6. The maximum absolute atomic E-state index is 13.6. The predicted octanol–water partition coefficient (Wildman–Crippen LogP) is 10.3. The van der Waals surface area contributed by atoms with Gasteiger partial charge in [-0.25, -0.2) is 4.79 Å². The van der Waals surface area contributed by atoms with Gasteiger partial charge in [0.05, 0.1) is 12.6 Å². The fourth-order valence-corrected chi connectivity index (χ4v) is 6.24. The van der Waals surface area contributed by atoms with Crippen molar-refractivity contribution in [2.45, 2.75) is 71.8 Å². The standard InChI is InChI=1S/C37H46Cl2N2O3/c1-5-30-24-27(2)25-33(39)26-36(30)28(3)18-22-41(37(42)44-35-16-12-32(38)13-17-35)29(4)31-10-14-34(15-11-31)43-23-9-8-21-40-19-6-7-20-40/h10-17,25-26,29H,3,5-9,18-24H2,1-2,4H3. The van der Waals surface area contributed by atoms with Gasteiger partial charge in [-0.15, -0.1) is 0 Å². The molecule has 0 saturated carbocycles. The van der Waals surface area contributed by atoms with Crippen molar-refractivity contribution in [1.29, 1.82) is 0 Å². The van der Waals surface area contributed by atoms with E-state index in [-0.39, 0.29) is 6.04 Å². The lowest BCUT2D eigenvalue weighted by Crippen LogP contribution is -2.37. The second kappa shape index (κ2) is 16.9. The molecule has 0 radical (unpaired) electrons. The van der Waals surface area contributed by atoms with Gasteiger partial charge in [0.15, 0.2) is 0 Å². The number of likely N-dealkylation sites (tertiary alicyclic amines) is 1. The van der Waals surface area contributed by atoms with Gasteiger partial charge in [-0.2, -0.15) is 0 Å². The highest BCUT2D eigenvalue weighted by Gasteiger charge is 2.25. The molecule has 1 unspecified atom stereocenters. The molecule has 1 atom stereocenters. The molecule has 44 heavy (non-hydrogen) atoms. The summed E-state index contributed by atoms with van der Waals surface area (Å²) in [5.41, 5.74) is 5.55. The van der Waals surface area contributed by atoms with Crippen LogP contribution in [-0.2, 0) is 0 Å². The molecule has 0 aromatic heterocycles. The summed E-state index contributed by atoms with van der Waals surface area (Å²) in [5.74, 6) is 1.28. The quantitative estimate of drug-likeness (QED) is 0.193. The minimum Gasteiger partial charge on any atom is -0.494 e. The predicted molar refractivity (Wildman–Crippen MR) is 183 cm³/mol. The molecule has 0 N–H and O–H groups in total. The van der Waals surface area contributed by atoms with Gasteiger partial charge in [0.2, 0.25) is 0 Å². The number of nitrogens with zero attached hydrogens (tertiary/aromatic N) is 2. The molecule has 5 nitrogen and oxygen atoms in total. The van der Waals surface area contributed by atoms with Gasteiger partial charge in [0.25, 0.3) is 0 Å². The van der Waals surface area contributed by atoms with Crippen molar-refractivity contribution in [3.05, 3.63) is 105 Å². The number of amides is 1. The molecule has 2 aromatic carbocycles. The summed E-state index contributed by atoms with van der Waals surface area (Å²) in [6.45, 7) is 15.4. The zero-order valence-corrected chi connectivity index (χ0v) is 27.9. The van der Waals surface area contributed by atoms with Crippen molar-refractivity contribution >= 4 is 29.3 Å². The highest BCUT2D eigenvalue weighted by atomic mass is 35.5. The summed E-state index contributed by atoms with van der Waals surface area (Å²) in [5, 5.41) is 1.28. The van der Waals surface area contributed by atoms with Crippen LogP contribution in [0.15, 0.2) is 94.6 Å². The maximum atomic E-state index is 13.6. The molecular weight excluding hydrogens is 591 g/mol. The average molecular weight is 638 g/mol. The summed E-state index contributed by atoms with van der Waals surface area (Å²) in [7, 11) is 0. The lowest BCUT2D eigenvalue weighted by molar-refractivity contribution is 0.135. The van der Waals surface area contributed by atoms with Crippen molar-refractivity contribution in [3.8, 4) is 11.5 Å². The number of allylic oxidation sites excluding steroid dienone is 6. The minimum absolute atomic E-state index is 0.242. The fraction of sp³-hybridized carbons (Fsp3) is 0.432. The molecule has 1 aliphatic carbocycles. The second-order valence-corrected chi connectivity index (χ2v) is 12.7. The number of benzene rings is 2. The molecule has 0 spiro atoms. The van der Waals surface area contributed by atoms with Crippen molar-refractivity contribution in [1.82, 2.24) is 9.80 Å². The Bertz CT molecular complexity index is 1360. The van der Waals surface area contributed by atoms with Crippen LogP contribution in [0.3, 0.4) is 0 Å². The van der Waals surface area contributed by atoms with Crippen LogP contribution in [-0.4, -0.2) is 48.7 Å². The zero-order chi connectivity index (χ0) is 31.5. The van der Waals surface area contributed by atoms with E-state index in [1.165, 1.54) is 37.1 Å². The van der Waals surface area contributed by atoms with Gasteiger partial charge in [-0.3, -0.25) is 0 Å². The summed E-state index contributed by atoms with van der Waals surface area (Å²) in [4.78, 5) is 17.9. The van der Waals surface area contributed by atoms with E-state index in [9.17, 15) is 4.79 Å². The zero-order valence-electron chi connectivity index (χ0n) is 26.4. The number of unbranched alkanes of at least 4 members (excludes halogenated alkanes) is 1. The van der Waals surface area contributed by atoms with E-state index in [1.807, 2.05) is 43.3 Å². The van der Waals surface area contributed by atoms with Gasteiger partial charge >= 0.3 is 6.09 Å². The number of ether oxygens (including phenoxy) is 2. The number of halogens is 2. The molecule has 1 aliphatic heterocycles. The van der Waals surface area contributed by atoms with Crippen LogP contribution >= 0.6 is 23.2 Å². The molecule has 1 amide bonds. The van der Waals surface area contributed by atoms with Gasteiger partial charge < -0.3 is 19.3 Å². The Labute approximate surface area is 273 Å². The molecule has 1 heterocycles. The molecule has 1 saturated heterocycles. The van der Waals surface area contributed by atoms with Crippen LogP contribution in [0.4, 0.5) is 4.79 Å². The molecule has 1 fully saturated rings. The molecular formula is C37H46Cl2N2O3. The molecule has 7 heteroatoms. The largest absolute Gasteiger partial charge is 0.494 e. The Morgan fingerprint density at radius 1 is 1.00 bits per heavy atom. The molecule has 0 bridgehead atoms. The van der Waals surface area contributed by atoms with Crippen LogP contribution in [0.25, 0.3) is 0 Å². The first-order valence-electron chi connectivity index (χ1n) is 15.9. The Kier molecular flexibility index (Phi) is 13.0. The van der Waals surface area contributed by atoms with Gasteiger partial charge in [0.1, 0.15) is 11.5 Å². The second-order valence-electron chi connectivity index (χ2n) is 11.8. The van der Waals surface area contributed by atoms with Crippen molar-refractivity contribution in [2.75, 3.05) is 32.8 Å². The van der Waals surface area contributed by atoms with E-state index < -0.39 is 6.09 Å². The molecule has 4 rings (SSSR count). The first kappa shape index (κ1) is 33.9. The van der Waals surface area contributed by atoms with E-state index in [0.29, 0.717) is 35.4 Å². The van der Waals surface area contributed by atoms with Crippen LogP contribution < -0.4 is 9.47 Å². The van der Waals surface area contributed by atoms with E-state index in [2.05, 4.69) is 25.3 Å². The van der Waals surface area contributed by atoms with Gasteiger partial charge in [-0.1, -0.05) is 60.0 Å². The number of hydrogen-bond donors (Lipinski definition) is 0. The third-order valence-corrected chi connectivity index (χ3v) is 8.89. The minimum atomic E-state index is -0.428. The van der Waals surface area contributed by atoms with E-state index in [0.717, 1.165) is 54.7 Å². The number of rotatable bonds is 14. The van der Waals surface area contributed by atoms with Crippen molar-refractivity contribution in [3.63, 3.8) is 0 Å². The van der Waals surface area contributed by atoms with Gasteiger partial charge in [-0.05, 0) is 144 Å². The van der Waals surface area contributed by atoms with E-state index in [4.69, 9.17) is 32.7 Å². The highest BCUT2D eigenvalue weighted by molar-refractivity contribution is 6.31. The van der Waals surface area contributed by atoms with Crippen molar-refractivity contribution < 1.29 is 14.3 Å². The normalized spacial score (nSPS) is 16.2. The highest BCUT2D eigenvalue weighted by Crippen LogP contribution is 2.32. The van der Waals surface area contributed by atoms with Crippen LogP contribution in [0.2, 0.25) is 5.02 Å². The van der Waals surface area contributed by atoms with Crippen molar-refractivity contribution in [2.24, 2.45) is 0 Å². The first-order valence-corrected chi connectivity index (χ1v) is 16.6. The van der Waals surface area contributed by atoms with E-state index >= 15 is 0 Å². The molecule has 2 aliphatic rings. The average Bonchev–Trinajstić information content (AvgIpc) is 3.48. The van der Waals surface area contributed by atoms with E-state index in [1.54, 1.807) is 29.2 Å². The Balaban J connectivity index is 1.42. The third-order valence-electron chi connectivity index (χ3n) is 8.42. The summed E-state index contributed by atoms with van der Waals surface area (Å²) < 4.78 is 11.8. The number of carbonyl (C=O) groups is 1. The van der Waals surface area contributed by atoms with Gasteiger partial charge in [0, 0.05) is 16.6 Å². The monoisotopic (exact) mass is 636 g/mol. The molecule has 236 valence electrons. The Morgan fingerprint density at radius 3 is 2.36 bits per heavy atom. The Hall–Kier alpha value is -2.99.